The number of thiophene rings is 1. The van der Waals surface area contributed by atoms with Crippen LogP contribution in [-0.2, 0) is 11.2 Å². The molecular weight excluding hydrogens is 426 g/mol. The number of carboxylic acids is 1. The Labute approximate surface area is 170 Å². The summed E-state index contributed by atoms with van der Waals surface area (Å²) in [6.07, 6.45) is 0.944. The molecule has 3 aromatic rings. The van der Waals surface area contributed by atoms with Gasteiger partial charge in [0.1, 0.15) is 5.56 Å². The number of carbonyl (C=O) groups excluding carboxylic acids is 1. The molecule has 0 bridgehead atoms. The van der Waals surface area contributed by atoms with E-state index in [1.165, 1.54) is 16.2 Å². The molecule has 1 N–H and O–H groups in total. The van der Waals surface area contributed by atoms with Crippen molar-refractivity contribution >= 4 is 44.8 Å². The van der Waals surface area contributed by atoms with E-state index in [-0.39, 0.29) is 11.5 Å². The Morgan fingerprint density at radius 1 is 1.07 bits per heavy atom. The summed E-state index contributed by atoms with van der Waals surface area (Å²) in [7, 11) is 1.63. The van der Waals surface area contributed by atoms with Crippen LogP contribution in [0, 0.1) is 0 Å². The third-order valence-corrected chi connectivity index (χ3v) is 5.84. The molecule has 2 aromatic carbocycles. The molecule has 0 aliphatic heterocycles. The van der Waals surface area contributed by atoms with Crippen LogP contribution in [0.2, 0.25) is 0 Å². The summed E-state index contributed by atoms with van der Waals surface area (Å²) in [4.78, 5) is 26.6. The predicted molar refractivity (Wildman–Crippen MR) is 113 cm³/mol. The highest BCUT2D eigenvalue weighted by Gasteiger charge is 2.24. The van der Waals surface area contributed by atoms with Gasteiger partial charge in [-0.05, 0) is 29.7 Å². The number of rotatable bonds is 6. The minimum Gasteiger partial charge on any atom is -0.478 e. The van der Waals surface area contributed by atoms with Crippen LogP contribution in [0.1, 0.15) is 22.3 Å². The fourth-order valence-corrected chi connectivity index (χ4v) is 4.17. The van der Waals surface area contributed by atoms with E-state index in [9.17, 15) is 14.7 Å². The molecule has 0 unspecified atom stereocenters. The SMILES string of the molecule is CN(C(=O)CCc1ccccc1)c1csc(-c2ccc(Br)cc2)c1C(=O)O. The molecule has 1 aromatic heterocycles. The van der Waals surface area contributed by atoms with Gasteiger partial charge in [-0.2, -0.15) is 0 Å². The van der Waals surface area contributed by atoms with Crippen molar-refractivity contribution in [2.45, 2.75) is 12.8 Å². The van der Waals surface area contributed by atoms with E-state index < -0.39 is 5.97 Å². The van der Waals surface area contributed by atoms with Crippen LogP contribution in [-0.4, -0.2) is 24.0 Å². The van der Waals surface area contributed by atoms with Gasteiger partial charge in [0, 0.05) is 23.3 Å². The smallest absolute Gasteiger partial charge is 0.339 e. The fraction of sp³-hybridized carbons (Fsp3) is 0.143. The van der Waals surface area contributed by atoms with Crippen LogP contribution in [0.3, 0.4) is 0 Å². The van der Waals surface area contributed by atoms with Crippen molar-refractivity contribution < 1.29 is 14.7 Å². The molecule has 0 saturated carbocycles. The van der Waals surface area contributed by atoms with Crippen LogP contribution < -0.4 is 4.90 Å². The lowest BCUT2D eigenvalue weighted by molar-refractivity contribution is -0.118. The average molecular weight is 444 g/mol. The molecule has 1 heterocycles. The van der Waals surface area contributed by atoms with Gasteiger partial charge in [-0.15, -0.1) is 11.3 Å². The highest BCUT2D eigenvalue weighted by atomic mass is 79.9. The Hall–Kier alpha value is -2.44. The molecule has 0 radical (unpaired) electrons. The Balaban J connectivity index is 1.84. The molecule has 0 saturated heterocycles. The number of benzene rings is 2. The van der Waals surface area contributed by atoms with Gasteiger partial charge in [0.05, 0.1) is 10.6 Å². The zero-order valence-corrected chi connectivity index (χ0v) is 17.1. The Morgan fingerprint density at radius 3 is 2.37 bits per heavy atom. The van der Waals surface area contributed by atoms with Crippen molar-refractivity contribution in [1.29, 1.82) is 0 Å². The highest BCUT2D eigenvalue weighted by molar-refractivity contribution is 9.10. The summed E-state index contributed by atoms with van der Waals surface area (Å²) in [5.41, 5.74) is 2.50. The lowest BCUT2D eigenvalue weighted by atomic mass is 10.1. The Kier molecular flexibility index (Phi) is 6.08. The number of carbonyl (C=O) groups is 2. The third-order valence-electron chi connectivity index (χ3n) is 4.30. The number of amides is 1. The molecule has 6 heteroatoms. The largest absolute Gasteiger partial charge is 0.478 e. The number of anilines is 1. The minimum absolute atomic E-state index is 0.110. The van der Waals surface area contributed by atoms with Gasteiger partial charge in [-0.25, -0.2) is 4.79 Å². The molecule has 138 valence electrons. The molecule has 4 nitrogen and oxygen atoms in total. The molecule has 3 rings (SSSR count). The average Bonchev–Trinajstić information content (AvgIpc) is 3.12. The maximum Gasteiger partial charge on any atom is 0.339 e. The zero-order valence-electron chi connectivity index (χ0n) is 14.7. The molecule has 0 aliphatic rings. The predicted octanol–water partition coefficient (Wildman–Crippen LogP) is 5.47. The summed E-state index contributed by atoms with van der Waals surface area (Å²) >= 11 is 4.72. The van der Waals surface area contributed by atoms with Gasteiger partial charge >= 0.3 is 5.97 Å². The van der Waals surface area contributed by atoms with Gasteiger partial charge in [-0.1, -0.05) is 58.4 Å². The van der Waals surface area contributed by atoms with E-state index in [2.05, 4.69) is 15.9 Å². The lowest BCUT2D eigenvalue weighted by Gasteiger charge is -2.17. The number of hydrogen-bond donors (Lipinski definition) is 1. The number of aryl methyl sites for hydroxylation is 1. The van der Waals surface area contributed by atoms with E-state index in [1.807, 2.05) is 54.6 Å². The topological polar surface area (TPSA) is 57.6 Å². The van der Waals surface area contributed by atoms with Gasteiger partial charge in [0.25, 0.3) is 0 Å². The van der Waals surface area contributed by atoms with E-state index in [0.717, 1.165) is 15.6 Å². The van der Waals surface area contributed by atoms with E-state index in [4.69, 9.17) is 0 Å². The summed E-state index contributed by atoms with van der Waals surface area (Å²) in [5.74, 6) is -1.15. The molecule has 0 atom stereocenters. The second-order valence-corrected chi connectivity index (χ2v) is 7.87. The quantitative estimate of drug-likeness (QED) is 0.549. The van der Waals surface area contributed by atoms with Crippen LogP contribution >= 0.6 is 27.3 Å². The van der Waals surface area contributed by atoms with Gasteiger partial charge in [0.2, 0.25) is 5.91 Å². The van der Waals surface area contributed by atoms with Crippen molar-refractivity contribution in [1.82, 2.24) is 0 Å². The van der Waals surface area contributed by atoms with Gasteiger partial charge in [0.15, 0.2) is 0 Å². The first kappa shape index (κ1) is 19.3. The van der Waals surface area contributed by atoms with Crippen molar-refractivity contribution in [3.8, 4) is 10.4 Å². The number of carboxylic acid groups (broad SMARTS) is 1. The van der Waals surface area contributed by atoms with Crippen LogP contribution in [0.25, 0.3) is 10.4 Å². The number of halogens is 1. The second kappa shape index (κ2) is 8.50. The summed E-state index contributed by atoms with van der Waals surface area (Å²) in [5, 5.41) is 11.5. The summed E-state index contributed by atoms with van der Waals surface area (Å²) < 4.78 is 0.924. The number of aromatic carboxylic acids is 1. The van der Waals surface area contributed by atoms with E-state index >= 15 is 0 Å². The second-order valence-electron chi connectivity index (χ2n) is 6.08. The Bertz CT molecular complexity index is 951. The molecule has 0 aliphatic carbocycles. The van der Waals surface area contributed by atoms with Crippen LogP contribution in [0.15, 0.2) is 64.5 Å². The standard InChI is InChI=1S/C21H18BrNO3S/c1-23(18(24)12-7-14-5-3-2-4-6-14)17-13-27-20(19(17)21(25)26)15-8-10-16(22)11-9-15/h2-6,8-11,13H,7,12H2,1H3,(H,25,26). The Morgan fingerprint density at radius 2 is 1.74 bits per heavy atom. The maximum absolute atomic E-state index is 12.6. The van der Waals surface area contributed by atoms with E-state index in [0.29, 0.717) is 23.4 Å². The monoisotopic (exact) mass is 443 g/mol. The summed E-state index contributed by atoms with van der Waals surface area (Å²) in [6.45, 7) is 0. The van der Waals surface area contributed by atoms with Crippen LogP contribution in [0.5, 0.6) is 0 Å². The van der Waals surface area contributed by atoms with E-state index in [1.54, 1.807) is 12.4 Å². The first-order chi connectivity index (χ1) is 13.0. The molecule has 1 amide bonds. The van der Waals surface area contributed by atoms with Crippen molar-refractivity contribution in [2.24, 2.45) is 0 Å². The first-order valence-electron chi connectivity index (χ1n) is 8.38. The number of hydrogen-bond acceptors (Lipinski definition) is 3. The third kappa shape index (κ3) is 4.46. The van der Waals surface area contributed by atoms with Crippen molar-refractivity contribution in [2.75, 3.05) is 11.9 Å². The van der Waals surface area contributed by atoms with Crippen LogP contribution in [0.4, 0.5) is 5.69 Å². The number of nitrogens with zero attached hydrogens (tertiary/aromatic N) is 1. The van der Waals surface area contributed by atoms with Crippen molar-refractivity contribution in [3.63, 3.8) is 0 Å². The molecule has 0 spiro atoms. The summed E-state index contributed by atoms with van der Waals surface area (Å²) in [6, 6.07) is 17.2. The minimum atomic E-state index is -1.04. The van der Waals surface area contributed by atoms with Crippen molar-refractivity contribution in [3.05, 3.63) is 75.6 Å². The molecule has 0 fully saturated rings. The zero-order chi connectivity index (χ0) is 19.4. The molecular formula is C21H18BrNO3S. The van der Waals surface area contributed by atoms with Gasteiger partial charge < -0.3 is 10.0 Å². The normalized spacial score (nSPS) is 10.6. The molecule has 27 heavy (non-hydrogen) atoms. The first-order valence-corrected chi connectivity index (χ1v) is 10.1. The van der Waals surface area contributed by atoms with Gasteiger partial charge in [-0.3, -0.25) is 4.79 Å². The highest BCUT2D eigenvalue weighted by Crippen LogP contribution is 2.38. The fourth-order valence-electron chi connectivity index (χ4n) is 2.81. The lowest BCUT2D eigenvalue weighted by Crippen LogP contribution is -2.27. The maximum atomic E-state index is 12.6.